The van der Waals surface area contributed by atoms with Crippen LogP contribution in [0.25, 0.3) is 0 Å². The summed E-state index contributed by atoms with van der Waals surface area (Å²) in [7, 11) is -3.83. The maximum Gasteiger partial charge on any atom is 0.335 e. The fraction of sp³-hybridized carbons (Fsp3) is 0.588. The summed E-state index contributed by atoms with van der Waals surface area (Å²) < 4.78 is 22.9. The van der Waals surface area contributed by atoms with E-state index < -0.39 is 16.0 Å². The van der Waals surface area contributed by atoms with Crippen LogP contribution < -0.4 is 5.14 Å². The highest BCUT2D eigenvalue weighted by atomic mass is 32.2. The third-order valence-electron chi connectivity index (χ3n) is 3.92. The summed E-state index contributed by atoms with van der Waals surface area (Å²) in [6.45, 7) is 7.21. The normalized spacial score (nSPS) is 11.8. The number of sulfonamides is 1. The molecule has 0 saturated heterocycles. The molecule has 0 aliphatic carbocycles. The zero-order chi connectivity index (χ0) is 18.2. The molecule has 1 aromatic rings. The van der Waals surface area contributed by atoms with Gasteiger partial charge in [0.2, 0.25) is 10.0 Å². The molecule has 24 heavy (non-hydrogen) atoms. The monoisotopic (exact) mass is 356 g/mol. The van der Waals surface area contributed by atoms with Gasteiger partial charge >= 0.3 is 5.97 Å². The number of nitrogens with zero attached hydrogens (tertiary/aromatic N) is 1. The van der Waals surface area contributed by atoms with E-state index in [2.05, 4.69) is 18.7 Å². The van der Waals surface area contributed by atoms with Gasteiger partial charge in [-0.2, -0.15) is 0 Å². The molecule has 0 aromatic heterocycles. The van der Waals surface area contributed by atoms with E-state index in [-0.39, 0.29) is 10.5 Å². The number of unbranched alkanes of at least 4 members (excludes halogenated alkanes) is 1. The van der Waals surface area contributed by atoms with Crippen molar-refractivity contribution >= 4 is 16.0 Å². The highest BCUT2D eigenvalue weighted by molar-refractivity contribution is 7.89. The fourth-order valence-electron chi connectivity index (χ4n) is 2.69. The summed E-state index contributed by atoms with van der Waals surface area (Å²) in [4.78, 5) is 13.7. The number of nitrogens with two attached hydrogens (primary N) is 1. The Morgan fingerprint density at radius 3 is 2.33 bits per heavy atom. The number of benzene rings is 1. The van der Waals surface area contributed by atoms with Gasteiger partial charge in [-0.1, -0.05) is 20.3 Å². The molecule has 1 rings (SSSR count). The Morgan fingerprint density at radius 1 is 1.12 bits per heavy atom. The van der Waals surface area contributed by atoms with E-state index in [4.69, 9.17) is 5.14 Å². The third-order valence-corrected chi connectivity index (χ3v) is 4.83. The summed E-state index contributed by atoms with van der Waals surface area (Å²) in [5, 5.41) is 14.4. The quantitative estimate of drug-likeness (QED) is 0.634. The van der Waals surface area contributed by atoms with Crippen molar-refractivity contribution in [2.45, 2.75) is 50.8 Å². The van der Waals surface area contributed by atoms with Gasteiger partial charge in [-0.15, -0.1) is 0 Å². The number of hydrogen-bond donors (Lipinski definition) is 2. The summed E-state index contributed by atoms with van der Waals surface area (Å²) in [5.74, 6) is -1.05. The van der Waals surface area contributed by atoms with E-state index in [1.807, 2.05) is 0 Å². The van der Waals surface area contributed by atoms with E-state index in [1.165, 1.54) is 18.2 Å². The lowest BCUT2D eigenvalue weighted by Gasteiger charge is -2.21. The van der Waals surface area contributed by atoms with Crippen molar-refractivity contribution in [3.8, 4) is 0 Å². The lowest BCUT2D eigenvalue weighted by atomic mass is 10.0. The van der Waals surface area contributed by atoms with Gasteiger partial charge in [0.1, 0.15) is 0 Å². The molecular weight excluding hydrogens is 328 g/mol. The maximum absolute atomic E-state index is 11.5. The van der Waals surface area contributed by atoms with Crippen molar-refractivity contribution < 1.29 is 18.3 Å². The minimum atomic E-state index is -3.83. The molecule has 6 nitrogen and oxygen atoms in total. The second-order valence-electron chi connectivity index (χ2n) is 5.97. The smallest absolute Gasteiger partial charge is 0.335 e. The molecule has 0 amide bonds. The number of aryl methyl sites for hydroxylation is 1. The molecular formula is C17H28N2O4S. The summed E-state index contributed by atoms with van der Waals surface area (Å²) in [6, 6.07) is 3.94. The zero-order valence-electron chi connectivity index (χ0n) is 14.5. The lowest BCUT2D eigenvalue weighted by Crippen LogP contribution is -2.27. The number of hydrogen-bond acceptors (Lipinski definition) is 4. The summed E-state index contributed by atoms with van der Waals surface area (Å²) >= 11 is 0. The Bertz CT molecular complexity index is 644. The largest absolute Gasteiger partial charge is 0.478 e. The highest BCUT2D eigenvalue weighted by Gasteiger charge is 2.15. The van der Waals surface area contributed by atoms with Crippen LogP contribution in [0.15, 0.2) is 23.1 Å². The molecule has 1 aromatic carbocycles. The van der Waals surface area contributed by atoms with Gasteiger partial charge in [0.05, 0.1) is 10.5 Å². The average Bonchev–Trinajstić information content (AvgIpc) is 2.51. The maximum atomic E-state index is 11.5. The predicted octanol–water partition coefficient (Wildman–Crippen LogP) is 2.48. The van der Waals surface area contributed by atoms with Crippen molar-refractivity contribution in [1.29, 1.82) is 0 Å². The van der Waals surface area contributed by atoms with Gasteiger partial charge in [0.15, 0.2) is 0 Å². The van der Waals surface area contributed by atoms with Gasteiger partial charge < -0.3 is 10.0 Å². The minimum Gasteiger partial charge on any atom is -0.478 e. The Morgan fingerprint density at radius 2 is 1.79 bits per heavy atom. The molecule has 0 fully saturated rings. The van der Waals surface area contributed by atoms with Crippen molar-refractivity contribution in [3.63, 3.8) is 0 Å². The number of rotatable bonds is 11. The van der Waals surface area contributed by atoms with Crippen LogP contribution in [-0.2, 0) is 16.4 Å². The van der Waals surface area contributed by atoms with Gasteiger partial charge in [0.25, 0.3) is 0 Å². The molecule has 0 saturated carbocycles. The van der Waals surface area contributed by atoms with Crippen molar-refractivity contribution in [1.82, 2.24) is 4.90 Å². The Hall–Kier alpha value is -1.44. The van der Waals surface area contributed by atoms with Crippen LogP contribution in [0, 0.1) is 0 Å². The molecule has 0 atom stereocenters. The fourth-order valence-corrected chi connectivity index (χ4v) is 3.25. The Kier molecular flexibility index (Phi) is 8.38. The number of carboxylic acids is 1. The molecule has 136 valence electrons. The first kappa shape index (κ1) is 20.6. The van der Waals surface area contributed by atoms with Crippen LogP contribution in [0.5, 0.6) is 0 Å². The van der Waals surface area contributed by atoms with E-state index in [9.17, 15) is 18.3 Å². The predicted molar refractivity (Wildman–Crippen MR) is 94.7 cm³/mol. The second kappa shape index (κ2) is 9.76. The summed E-state index contributed by atoms with van der Waals surface area (Å²) in [5.41, 5.74) is 0.652. The third kappa shape index (κ3) is 6.59. The topological polar surface area (TPSA) is 101 Å². The molecule has 0 spiro atoms. The highest BCUT2D eigenvalue weighted by Crippen LogP contribution is 2.17. The second-order valence-corrected chi connectivity index (χ2v) is 7.53. The van der Waals surface area contributed by atoms with Crippen LogP contribution in [-0.4, -0.2) is 44.0 Å². The Labute approximate surface area is 144 Å². The van der Waals surface area contributed by atoms with Crippen LogP contribution >= 0.6 is 0 Å². The molecule has 0 aliphatic rings. The molecule has 0 aliphatic heterocycles. The number of aromatic carboxylic acids is 1. The van der Waals surface area contributed by atoms with E-state index in [0.717, 1.165) is 45.3 Å². The van der Waals surface area contributed by atoms with E-state index >= 15 is 0 Å². The average molecular weight is 356 g/mol. The standard InChI is InChI=1S/C17H28N2O4S/c1-3-5-11-19(10-4-2)12-6-7-14-13-15(24(18,22)23)8-9-16(14)17(20)21/h8-9,13H,3-7,10-12H2,1-2H3,(H,20,21)(H2,18,22,23). The Balaban J connectivity index is 2.82. The number of carboxylic acid groups (broad SMARTS) is 1. The van der Waals surface area contributed by atoms with Crippen LogP contribution in [0.2, 0.25) is 0 Å². The molecule has 0 radical (unpaired) electrons. The first-order valence-electron chi connectivity index (χ1n) is 8.41. The SMILES string of the molecule is CCCCN(CCC)CCCc1cc(S(N)(=O)=O)ccc1C(=O)O. The first-order chi connectivity index (χ1) is 11.3. The molecule has 0 unspecified atom stereocenters. The van der Waals surface area contributed by atoms with Crippen molar-refractivity contribution in [3.05, 3.63) is 29.3 Å². The van der Waals surface area contributed by atoms with Gasteiger partial charge in [-0.05, 0) is 69.1 Å². The van der Waals surface area contributed by atoms with Crippen LogP contribution in [0.1, 0.15) is 55.5 Å². The van der Waals surface area contributed by atoms with E-state index in [1.54, 1.807) is 0 Å². The van der Waals surface area contributed by atoms with Crippen molar-refractivity contribution in [2.24, 2.45) is 5.14 Å². The molecule has 0 heterocycles. The van der Waals surface area contributed by atoms with Gasteiger partial charge in [-0.3, -0.25) is 0 Å². The van der Waals surface area contributed by atoms with E-state index in [0.29, 0.717) is 12.0 Å². The summed E-state index contributed by atoms with van der Waals surface area (Å²) in [6.07, 6.45) is 4.64. The molecule has 7 heteroatoms. The van der Waals surface area contributed by atoms with Gasteiger partial charge in [0, 0.05) is 0 Å². The lowest BCUT2D eigenvalue weighted by molar-refractivity contribution is 0.0695. The minimum absolute atomic E-state index is 0.0427. The zero-order valence-corrected chi connectivity index (χ0v) is 15.3. The number of primary sulfonamides is 1. The van der Waals surface area contributed by atoms with Crippen LogP contribution in [0.4, 0.5) is 0 Å². The molecule has 3 N–H and O–H groups in total. The van der Waals surface area contributed by atoms with Crippen molar-refractivity contribution in [2.75, 3.05) is 19.6 Å². The number of carbonyl (C=O) groups is 1. The first-order valence-corrected chi connectivity index (χ1v) is 9.95. The van der Waals surface area contributed by atoms with Crippen LogP contribution in [0.3, 0.4) is 0 Å². The molecule has 0 bridgehead atoms. The van der Waals surface area contributed by atoms with Gasteiger partial charge in [-0.25, -0.2) is 18.4 Å².